The van der Waals surface area contributed by atoms with Gasteiger partial charge in [-0.25, -0.2) is 4.39 Å². The van der Waals surface area contributed by atoms with Crippen molar-refractivity contribution in [3.8, 4) is 0 Å². The van der Waals surface area contributed by atoms with E-state index in [1.54, 1.807) is 6.07 Å². The zero-order chi connectivity index (χ0) is 13.3. The second-order valence-corrected chi connectivity index (χ2v) is 5.09. The van der Waals surface area contributed by atoms with Crippen LogP contribution in [0.3, 0.4) is 0 Å². The Balaban J connectivity index is 2.30. The molecule has 0 saturated carbocycles. The zero-order valence-corrected chi connectivity index (χ0v) is 10.7. The highest BCUT2D eigenvalue weighted by Gasteiger charge is 2.27. The van der Waals surface area contributed by atoms with Crippen molar-refractivity contribution < 1.29 is 14.3 Å². The average Bonchev–Trinajstić information content (AvgIpc) is 2.32. The highest BCUT2D eigenvalue weighted by atomic mass is 19.1. The topological polar surface area (TPSA) is 40.5 Å². The first kappa shape index (κ1) is 13.0. The fourth-order valence-corrected chi connectivity index (χ4v) is 2.11. The number of β-amino-alcohol motifs (C(OH)–C–C–N with tert-alkyl or cyclic N) is 1. The third kappa shape index (κ3) is 2.53. The predicted molar refractivity (Wildman–Crippen MR) is 67.9 cm³/mol. The Morgan fingerprint density at radius 3 is 2.78 bits per heavy atom. The molecular weight excluding hydrogens is 233 g/mol. The first-order valence-corrected chi connectivity index (χ1v) is 6.26. The van der Waals surface area contributed by atoms with Gasteiger partial charge in [0.1, 0.15) is 5.82 Å². The lowest BCUT2D eigenvalue weighted by Crippen LogP contribution is -2.42. The fourth-order valence-electron chi connectivity index (χ4n) is 2.11. The van der Waals surface area contributed by atoms with Crippen molar-refractivity contribution in [1.82, 2.24) is 0 Å². The van der Waals surface area contributed by atoms with Crippen LogP contribution in [0.25, 0.3) is 0 Å². The number of carbonyl (C=O) groups excluding carboxylic acids is 1. The number of nitrogens with zero attached hydrogens (tertiary/aromatic N) is 1. The Morgan fingerprint density at radius 2 is 2.11 bits per heavy atom. The number of aliphatic hydroxyl groups is 1. The molecule has 0 saturated heterocycles. The molecule has 1 aliphatic heterocycles. The Labute approximate surface area is 106 Å². The van der Waals surface area contributed by atoms with E-state index in [2.05, 4.69) is 0 Å². The van der Waals surface area contributed by atoms with Crippen LogP contribution in [-0.4, -0.2) is 23.7 Å². The molecule has 1 amide bonds. The molecule has 1 N–H and O–H groups in total. The first-order chi connectivity index (χ1) is 8.49. The van der Waals surface area contributed by atoms with Crippen LogP contribution in [0.5, 0.6) is 0 Å². The van der Waals surface area contributed by atoms with E-state index in [-0.39, 0.29) is 24.2 Å². The summed E-state index contributed by atoms with van der Waals surface area (Å²) < 4.78 is 13.3. The summed E-state index contributed by atoms with van der Waals surface area (Å²) in [6, 6.07) is 4.50. The lowest BCUT2D eigenvalue weighted by Gasteiger charge is -2.32. The average molecular weight is 251 g/mol. The molecule has 1 heterocycles. The molecule has 0 spiro atoms. The molecule has 0 bridgehead atoms. The van der Waals surface area contributed by atoms with Crippen LogP contribution in [0.15, 0.2) is 18.2 Å². The molecule has 0 radical (unpaired) electrons. The van der Waals surface area contributed by atoms with Crippen molar-refractivity contribution in [1.29, 1.82) is 0 Å². The van der Waals surface area contributed by atoms with Crippen molar-refractivity contribution in [3.63, 3.8) is 0 Å². The summed E-state index contributed by atoms with van der Waals surface area (Å²) in [5, 5.41) is 9.90. The van der Waals surface area contributed by atoms with Gasteiger partial charge >= 0.3 is 0 Å². The fraction of sp³-hybridized carbons (Fsp3) is 0.500. The van der Waals surface area contributed by atoms with Gasteiger partial charge in [-0.3, -0.25) is 4.79 Å². The van der Waals surface area contributed by atoms with Gasteiger partial charge in [0.05, 0.1) is 12.6 Å². The lowest BCUT2D eigenvalue weighted by atomic mass is 9.99. The molecule has 0 aromatic heterocycles. The second kappa shape index (κ2) is 5.06. The van der Waals surface area contributed by atoms with Crippen LogP contribution in [0.1, 0.15) is 25.8 Å². The standard InChI is InChI=1S/C14H18FNO2/c1-9(2)13(17)8-16-12-7-11(15)5-3-10(12)4-6-14(16)18/h3,5,7,9,13,17H,4,6,8H2,1-2H3. The van der Waals surface area contributed by atoms with Crippen LogP contribution in [-0.2, 0) is 11.2 Å². The molecule has 1 unspecified atom stereocenters. The van der Waals surface area contributed by atoms with Gasteiger partial charge in [-0.2, -0.15) is 0 Å². The maximum Gasteiger partial charge on any atom is 0.227 e. The number of aliphatic hydroxyl groups excluding tert-OH is 1. The van der Waals surface area contributed by atoms with Gasteiger partial charge in [0.15, 0.2) is 0 Å². The van der Waals surface area contributed by atoms with Gasteiger partial charge in [0, 0.05) is 12.1 Å². The van der Waals surface area contributed by atoms with Crippen LogP contribution in [0.4, 0.5) is 10.1 Å². The molecule has 0 fully saturated rings. The summed E-state index contributed by atoms with van der Waals surface area (Å²) >= 11 is 0. The monoisotopic (exact) mass is 251 g/mol. The maximum absolute atomic E-state index is 13.3. The molecule has 4 heteroatoms. The molecule has 0 aliphatic carbocycles. The number of anilines is 1. The molecule has 2 rings (SSSR count). The largest absolute Gasteiger partial charge is 0.391 e. The number of aryl methyl sites for hydroxylation is 1. The van der Waals surface area contributed by atoms with Gasteiger partial charge in [0.25, 0.3) is 0 Å². The van der Waals surface area contributed by atoms with Crippen LogP contribution < -0.4 is 4.90 Å². The molecule has 1 aliphatic rings. The van der Waals surface area contributed by atoms with Gasteiger partial charge in [-0.05, 0) is 30.0 Å². The van der Waals surface area contributed by atoms with E-state index in [0.29, 0.717) is 18.5 Å². The van der Waals surface area contributed by atoms with Crippen LogP contribution >= 0.6 is 0 Å². The SMILES string of the molecule is CC(C)C(O)CN1C(=O)CCc2ccc(F)cc21. The first-order valence-electron chi connectivity index (χ1n) is 6.26. The molecular formula is C14H18FNO2. The van der Waals surface area contributed by atoms with Crippen molar-refractivity contribution in [2.45, 2.75) is 32.8 Å². The van der Waals surface area contributed by atoms with Gasteiger partial charge in [0.2, 0.25) is 5.91 Å². The third-order valence-corrected chi connectivity index (χ3v) is 3.39. The normalized spacial score (nSPS) is 16.9. The number of rotatable bonds is 3. The summed E-state index contributed by atoms with van der Waals surface area (Å²) in [6.07, 6.45) is 0.467. The van der Waals surface area contributed by atoms with E-state index in [9.17, 15) is 14.3 Å². The molecule has 1 atom stereocenters. The number of benzene rings is 1. The van der Waals surface area contributed by atoms with Crippen molar-refractivity contribution in [3.05, 3.63) is 29.6 Å². The van der Waals surface area contributed by atoms with E-state index >= 15 is 0 Å². The van der Waals surface area contributed by atoms with Crippen molar-refractivity contribution in [2.24, 2.45) is 5.92 Å². The Bertz CT molecular complexity index is 459. The summed E-state index contributed by atoms with van der Waals surface area (Å²) in [6.45, 7) is 4.02. The maximum atomic E-state index is 13.3. The van der Waals surface area contributed by atoms with Crippen molar-refractivity contribution in [2.75, 3.05) is 11.4 Å². The Morgan fingerprint density at radius 1 is 1.39 bits per heavy atom. The predicted octanol–water partition coefficient (Wildman–Crippen LogP) is 2.12. The van der Waals surface area contributed by atoms with Gasteiger partial charge < -0.3 is 10.0 Å². The smallest absolute Gasteiger partial charge is 0.227 e. The second-order valence-electron chi connectivity index (χ2n) is 5.09. The summed E-state index contributed by atoms with van der Waals surface area (Å²) in [5.41, 5.74) is 1.57. The number of hydrogen-bond acceptors (Lipinski definition) is 2. The molecule has 1 aromatic rings. The van der Waals surface area contributed by atoms with Gasteiger partial charge in [-0.15, -0.1) is 0 Å². The Kier molecular flexibility index (Phi) is 3.66. The number of hydrogen-bond donors (Lipinski definition) is 1. The quantitative estimate of drug-likeness (QED) is 0.894. The number of amides is 1. The number of halogens is 1. The summed E-state index contributed by atoms with van der Waals surface area (Å²) in [5.74, 6) is -0.336. The zero-order valence-electron chi connectivity index (χ0n) is 10.7. The van der Waals surface area contributed by atoms with E-state index < -0.39 is 6.10 Å². The summed E-state index contributed by atoms with van der Waals surface area (Å²) in [7, 11) is 0. The molecule has 18 heavy (non-hydrogen) atoms. The molecule has 98 valence electrons. The van der Waals surface area contributed by atoms with E-state index in [1.165, 1.54) is 17.0 Å². The van der Waals surface area contributed by atoms with E-state index in [4.69, 9.17) is 0 Å². The van der Waals surface area contributed by atoms with Crippen molar-refractivity contribution >= 4 is 11.6 Å². The molecule has 3 nitrogen and oxygen atoms in total. The minimum atomic E-state index is -0.594. The van der Waals surface area contributed by atoms with E-state index in [1.807, 2.05) is 13.8 Å². The number of fused-ring (bicyclic) bond motifs is 1. The van der Waals surface area contributed by atoms with Crippen LogP contribution in [0, 0.1) is 11.7 Å². The lowest BCUT2D eigenvalue weighted by molar-refractivity contribution is -0.119. The van der Waals surface area contributed by atoms with E-state index in [0.717, 1.165) is 5.56 Å². The highest BCUT2D eigenvalue weighted by Crippen LogP contribution is 2.29. The third-order valence-electron chi connectivity index (χ3n) is 3.39. The van der Waals surface area contributed by atoms with Crippen LogP contribution in [0.2, 0.25) is 0 Å². The van der Waals surface area contributed by atoms with Gasteiger partial charge in [-0.1, -0.05) is 19.9 Å². The highest BCUT2D eigenvalue weighted by molar-refractivity contribution is 5.96. The Hall–Kier alpha value is -1.42. The minimum absolute atomic E-state index is 0.0483. The molecule has 1 aromatic carbocycles. The number of carbonyl (C=O) groups is 1. The summed E-state index contributed by atoms with van der Waals surface area (Å²) in [4.78, 5) is 13.4. The minimum Gasteiger partial charge on any atom is -0.391 e.